The van der Waals surface area contributed by atoms with Gasteiger partial charge < -0.3 is 14.2 Å². The van der Waals surface area contributed by atoms with E-state index in [0.29, 0.717) is 0 Å². The maximum absolute atomic E-state index is 12.9. The SMILES string of the molecule is CC(=O)O[C@H]1O[C@@H]2C=C(C)[C@H]3C[C@@H]2C13[C@@H](OC(C)=O)C(=O)C=C(C)C. The van der Waals surface area contributed by atoms with Crippen molar-refractivity contribution in [3.63, 3.8) is 0 Å². The molecule has 0 aromatic carbocycles. The van der Waals surface area contributed by atoms with E-state index < -0.39 is 29.7 Å². The van der Waals surface area contributed by atoms with Crippen molar-refractivity contribution < 1.29 is 28.6 Å². The Morgan fingerprint density at radius 3 is 2.44 bits per heavy atom. The Balaban J connectivity index is 2.08. The van der Waals surface area contributed by atoms with Crippen LogP contribution in [0.3, 0.4) is 0 Å². The van der Waals surface area contributed by atoms with Crippen LogP contribution in [0.4, 0.5) is 0 Å². The standard InChI is InChI=1S/C19H24O6/c1-9(2)6-15(22)17(23-11(4)20)19-13-8-14(19)16(7-10(13)3)25-18(19)24-12(5)21/h6-7,13-14,16-18H,8H2,1-5H3/t13-,14+,16-,17+,18+,19?/m1/s1. The van der Waals surface area contributed by atoms with Gasteiger partial charge in [-0.15, -0.1) is 0 Å². The van der Waals surface area contributed by atoms with Crippen LogP contribution in [0, 0.1) is 17.3 Å². The van der Waals surface area contributed by atoms with Crippen LogP contribution < -0.4 is 0 Å². The average Bonchev–Trinajstić information content (AvgIpc) is 2.58. The maximum Gasteiger partial charge on any atom is 0.304 e. The van der Waals surface area contributed by atoms with Crippen molar-refractivity contribution in [3.05, 3.63) is 23.3 Å². The summed E-state index contributed by atoms with van der Waals surface area (Å²) in [4.78, 5) is 36.2. The van der Waals surface area contributed by atoms with Crippen LogP contribution in [0.15, 0.2) is 23.3 Å². The summed E-state index contributed by atoms with van der Waals surface area (Å²) in [7, 11) is 0. The van der Waals surface area contributed by atoms with Gasteiger partial charge >= 0.3 is 11.9 Å². The molecule has 1 aliphatic heterocycles. The van der Waals surface area contributed by atoms with Crippen LogP contribution in [0.5, 0.6) is 0 Å². The first-order valence-electron chi connectivity index (χ1n) is 8.54. The molecule has 4 bridgehead atoms. The number of rotatable bonds is 5. The molecule has 0 aromatic rings. The Labute approximate surface area is 147 Å². The largest absolute Gasteiger partial charge is 0.453 e. The molecular weight excluding hydrogens is 324 g/mol. The molecule has 0 aromatic heterocycles. The Morgan fingerprint density at radius 1 is 1.24 bits per heavy atom. The van der Waals surface area contributed by atoms with Gasteiger partial charge in [0.05, 0.1) is 11.5 Å². The van der Waals surface area contributed by atoms with Crippen molar-refractivity contribution in [3.8, 4) is 0 Å². The Bertz CT molecular complexity index is 686. The lowest BCUT2D eigenvalue weighted by atomic mass is 9.45. The summed E-state index contributed by atoms with van der Waals surface area (Å²) in [5, 5.41) is 0. The Hall–Kier alpha value is -1.95. The lowest BCUT2D eigenvalue weighted by Gasteiger charge is -2.58. The van der Waals surface area contributed by atoms with E-state index in [0.717, 1.165) is 17.6 Å². The maximum atomic E-state index is 12.9. The first-order valence-corrected chi connectivity index (χ1v) is 8.54. The predicted molar refractivity (Wildman–Crippen MR) is 88.2 cm³/mol. The van der Waals surface area contributed by atoms with E-state index in [-0.39, 0.29) is 23.7 Å². The molecule has 4 aliphatic rings. The lowest BCUT2D eigenvalue weighted by Crippen LogP contribution is -2.65. The fourth-order valence-corrected chi connectivity index (χ4v) is 4.70. The fourth-order valence-electron chi connectivity index (χ4n) is 4.70. The van der Waals surface area contributed by atoms with Gasteiger partial charge in [0, 0.05) is 19.8 Å². The molecule has 136 valence electrons. The van der Waals surface area contributed by atoms with Crippen LogP contribution in [-0.2, 0) is 28.6 Å². The highest BCUT2D eigenvalue weighted by molar-refractivity contribution is 5.96. The van der Waals surface area contributed by atoms with Crippen molar-refractivity contribution in [1.82, 2.24) is 0 Å². The number of hydrogen-bond acceptors (Lipinski definition) is 6. The van der Waals surface area contributed by atoms with Gasteiger partial charge in [0.2, 0.25) is 6.29 Å². The molecule has 0 amide bonds. The van der Waals surface area contributed by atoms with E-state index in [1.165, 1.54) is 19.9 Å². The molecule has 0 spiro atoms. The molecule has 6 atom stereocenters. The summed E-state index contributed by atoms with van der Waals surface area (Å²) in [5.74, 6) is -1.33. The molecule has 0 radical (unpaired) electrons. The average molecular weight is 348 g/mol. The van der Waals surface area contributed by atoms with E-state index in [1.807, 2.05) is 26.8 Å². The molecule has 25 heavy (non-hydrogen) atoms. The van der Waals surface area contributed by atoms with Gasteiger partial charge in [0.15, 0.2) is 11.9 Å². The summed E-state index contributed by atoms with van der Waals surface area (Å²) in [6, 6.07) is 0. The van der Waals surface area contributed by atoms with Crippen LogP contribution in [-0.4, -0.2) is 36.2 Å². The Morgan fingerprint density at radius 2 is 1.92 bits per heavy atom. The number of hydrogen-bond donors (Lipinski definition) is 0. The number of esters is 2. The highest BCUT2D eigenvalue weighted by Crippen LogP contribution is 2.69. The third-order valence-electron chi connectivity index (χ3n) is 5.50. The molecule has 3 aliphatic carbocycles. The quantitative estimate of drug-likeness (QED) is 0.431. The van der Waals surface area contributed by atoms with Crippen LogP contribution in [0.1, 0.15) is 41.0 Å². The monoisotopic (exact) mass is 348 g/mol. The number of carbonyl (C=O) groups excluding carboxylic acids is 3. The van der Waals surface area contributed by atoms with Gasteiger partial charge in [-0.05, 0) is 39.2 Å². The van der Waals surface area contributed by atoms with Crippen molar-refractivity contribution in [1.29, 1.82) is 0 Å². The zero-order chi connectivity index (χ0) is 18.5. The molecule has 1 saturated carbocycles. The second kappa shape index (κ2) is 6.09. The highest BCUT2D eigenvalue weighted by atomic mass is 16.7. The molecule has 1 heterocycles. The lowest BCUT2D eigenvalue weighted by molar-refractivity contribution is -0.229. The molecule has 1 unspecified atom stereocenters. The minimum absolute atomic E-state index is 0.00980. The molecule has 6 heteroatoms. The first kappa shape index (κ1) is 17.9. The van der Waals surface area contributed by atoms with Gasteiger partial charge in [-0.2, -0.15) is 0 Å². The third-order valence-corrected chi connectivity index (χ3v) is 5.50. The molecule has 4 rings (SSSR count). The molecule has 2 fully saturated rings. The predicted octanol–water partition coefficient (Wildman–Crippen LogP) is 2.32. The first-order chi connectivity index (χ1) is 11.7. The van der Waals surface area contributed by atoms with E-state index in [9.17, 15) is 14.4 Å². The number of ether oxygens (including phenoxy) is 3. The minimum atomic E-state index is -1.03. The number of ketones is 1. The van der Waals surface area contributed by atoms with E-state index in [2.05, 4.69) is 0 Å². The zero-order valence-electron chi connectivity index (χ0n) is 15.2. The summed E-state index contributed by atoms with van der Waals surface area (Å²) in [6.07, 6.45) is 2.19. The second-order valence-electron chi connectivity index (χ2n) is 7.46. The van der Waals surface area contributed by atoms with Gasteiger partial charge in [-0.3, -0.25) is 14.4 Å². The summed E-state index contributed by atoms with van der Waals surface area (Å²) >= 11 is 0. The van der Waals surface area contributed by atoms with Gasteiger partial charge in [-0.1, -0.05) is 17.2 Å². The zero-order valence-corrected chi connectivity index (χ0v) is 15.2. The highest BCUT2D eigenvalue weighted by Gasteiger charge is 2.75. The number of carbonyl (C=O) groups is 3. The minimum Gasteiger partial charge on any atom is -0.453 e. The van der Waals surface area contributed by atoms with Crippen molar-refractivity contribution in [2.45, 2.75) is 59.5 Å². The molecule has 6 nitrogen and oxygen atoms in total. The van der Waals surface area contributed by atoms with Crippen LogP contribution in [0.2, 0.25) is 0 Å². The van der Waals surface area contributed by atoms with Gasteiger partial charge in [0.1, 0.15) is 0 Å². The number of allylic oxidation sites excluding steroid dienone is 2. The van der Waals surface area contributed by atoms with Crippen molar-refractivity contribution >= 4 is 17.7 Å². The van der Waals surface area contributed by atoms with Crippen LogP contribution >= 0.6 is 0 Å². The molecule has 0 N–H and O–H groups in total. The van der Waals surface area contributed by atoms with Crippen molar-refractivity contribution in [2.24, 2.45) is 17.3 Å². The van der Waals surface area contributed by atoms with Gasteiger partial charge in [-0.25, -0.2) is 0 Å². The third kappa shape index (κ3) is 2.63. The fraction of sp³-hybridized carbons (Fsp3) is 0.632. The van der Waals surface area contributed by atoms with E-state index >= 15 is 0 Å². The normalized spacial score (nSPS) is 35.8. The van der Waals surface area contributed by atoms with Gasteiger partial charge in [0.25, 0.3) is 0 Å². The van der Waals surface area contributed by atoms with E-state index in [1.54, 1.807) is 0 Å². The Kier molecular flexibility index (Phi) is 4.35. The second-order valence-corrected chi connectivity index (χ2v) is 7.46. The molecule has 1 saturated heterocycles. The van der Waals surface area contributed by atoms with Crippen molar-refractivity contribution in [2.75, 3.05) is 0 Å². The van der Waals surface area contributed by atoms with E-state index in [4.69, 9.17) is 14.2 Å². The smallest absolute Gasteiger partial charge is 0.304 e. The molecular formula is C19H24O6. The summed E-state index contributed by atoms with van der Waals surface area (Å²) in [5.41, 5.74) is 1.06. The summed E-state index contributed by atoms with van der Waals surface area (Å²) in [6.45, 7) is 8.20. The topological polar surface area (TPSA) is 78.9 Å². The summed E-state index contributed by atoms with van der Waals surface area (Å²) < 4.78 is 16.9. The van der Waals surface area contributed by atoms with Crippen LogP contribution in [0.25, 0.3) is 0 Å².